The van der Waals surface area contributed by atoms with Crippen molar-refractivity contribution in [2.24, 2.45) is 0 Å². The minimum atomic E-state index is -0.687. The Hall–Kier alpha value is -2.50. The maximum Gasteiger partial charge on any atom is 0.377 e. The summed E-state index contributed by atoms with van der Waals surface area (Å²) in [6.07, 6.45) is 2.02. The molecule has 1 aromatic carbocycles. The number of amides is 1. The standard InChI is InChI=1S/C16H17NO5/c1-11-8-12-4-2-3-5-13(12)17(11)15(18)10-22-16(19)14-9-20-6-7-21-14/h2-5,9,11H,6-8,10H2,1H3/t11-/m0/s1. The van der Waals surface area contributed by atoms with Crippen LogP contribution in [0, 0.1) is 0 Å². The van der Waals surface area contributed by atoms with Crippen molar-refractivity contribution in [2.75, 3.05) is 24.7 Å². The van der Waals surface area contributed by atoms with Gasteiger partial charge in [-0.25, -0.2) is 4.79 Å². The molecule has 0 bridgehead atoms. The summed E-state index contributed by atoms with van der Waals surface area (Å²) >= 11 is 0. The number of anilines is 1. The number of carbonyl (C=O) groups excluding carboxylic acids is 2. The monoisotopic (exact) mass is 303 g/mol. The van der Waals surface area contributed by atoms with E-state index in [0.717, 1.165) is 17.7 Å². The third-order valence-electron chi connectivity index (χ3n) is 3.65. The zero-order valence-corrected chi connectivity index (χ0v) is 12.3. The molecule has 0 fully saturated rings. The van der Waals surface area contributed by atoms with Crippen LogP contribution in [0.4, 0.5) is 5.69 Å². The predicted octanol–water partition coefficient (Wildman–Crippen LogP) is 1.40. The van der Waals surface area contributed by atoms with E-state index in [1.54, 1.807) is 4.90 Å². The van der Waals surface area contributed by atoms with E-state index in [9.17, 15) is 9.59 Å². The molecule has 6 heteroatoms. The molecule has 2 heterocycles. The third kappa shape index (κ3) is 2.77. The topological polar surface area (TPSA) is 65.1 Å². The summed E-state index contributed by atoms with van der Waals surface area (Å²) in [4.78, 5) is 25.8. The van der Waals surface area contributed by atoms with Crippen LogP contribution in [-0.4, -0.2) is 37.7 Å². The second-order valence-corrected chi connectivity index (χ2v) is 5.22. The fourth-order valence-corrected chi connectivity index (χ4v) is 2.69. The third-order valence-corrected chi connectivity index (χ3v) is 3.65. The first-order valence-electron chi connectivity index (χ1n) is 7.18. The maximum absolute atomic E-state index is 12.4. The van der Waals surface area contributed by atoms with Gasteiger partial charge in [-0.3, -0.25) is 4.79 Å². The number of para-hydroxylation sites is 1. The second-order valence-electron chi connectivity index (χ2n) is 5.22. The van der Waals surface area contributed by atoms with Gasteiger partial charge in [-0.1, -0.05) is 18.2 Å². The van der Waals surface area contributed by atoms with Crippen molar-refractivity contribution in [2.45, 2.75) is 19.4 Å². The van der Waals surface area contributed by atoms with Gasteiger partial charge in [0.25, 0.3) is 5.91 Å². The number of ether oxygens (including phenoxy) is 3. The lowest BCUT2D eigenvalue weighted by Crippen LogP contribution is -2.39. The Kier molecular flexibility index (Phi) is 4.00. The fourth-order valence-electron chi connectivity index (χ4n) is 2.69. The summed E-state index contributed by atoms with van der Waals surface area (Å²) in [7, 11) is 0. The van der Waals surface area contributed by atoms with Gasteiger partial charge in [-0.05, 0) is 25.0 Å². The van der Waals surface area contributed by atoms with Crippen molar-refractivity contribution in [1.82, 2.24) is 0 Å². The number of carbonyl (C=O) groups is 2. The summed E-state index contributed by atoms with van der Waals surface area (Å²) in [5, 5.41) is 0. The normalized spacial score (nSPS) is 19.6. The van der Waals surface area contributed by atoms with Crippen LogP contribution in [0.3, 0.4) is 0 Å². The largest absolute Gasteiger partial charge is 0.493 e. The maximum atomic E-state index is 12.4. The van der Waals surface area contributed by atoms with Crippen molar-refractivity contribution in [3.8, 4) is 0 Å². The highest BCUT2D eigenvalue weighted by Gasteiger charge is 2.31. The first-order chi connectivity index (χ1) is 10.7. The molecule has 116 valence electrons. The molecule has 0 saturated carbocycles. The SMILES string of the molecule is C[C@H]1Cc2ccccc2N1C(=O)COC(=O)C1=COCCO1. The molecule has 0 N–H and O–H groups in total. The van der Waals surface area contributed by atoms with Crippen LogP contribution in [0.5, 0.6) is 0 Å². The van der Waals surface area contributed by atoms with Gasteiger partial charge in [-0.15, -0.1) is 0 Å². The molecule has 3 rings (SSSR count). The zero-order valence-electron chi connectivity index (χ0n) is 12.3. The molecule has 1 atom stereocenters. The van der Waals surface area contributed by atoms with E-state index >= 15 is 0 Å². The molecule has 2 aliphatic heterocycles. The van der Waals surface area contributed by atoms with Gasteiger partial charge >= 0.3 is 5.97 Å². The van der Waals surface area contributed by atoms with E-state index in [2.05, 4.69) is 0 Å². The lowest BCUT2D eigenvalue weighted by atomic mass is 10.1. The van der Waals surface area contributed by atoms with Crippen molar-refractivity contribution >= 4 is 17.6 Å². The molecular formula is C16H17NO5. The van der Waals surface area contributed by atoms with Crippen LogP contribution < -0.4 is 4.90 Å². The Morgan fingerprint density at radius 1 is 1.32 bits per heavy atom. The molecule has 2 aliphatic rings. The summed E-state index contributed by atoms with van der Waals surface area (Å²) in [5.41, 5.74) is 2.01. The van der Waals surface area contributed by atoms with Gasteiger partial charge in [0.2, 0.25) is 5.76 Å². The molecule has 6 nitrogen and oxygen atoms in total. The van der Waals surface area contributed by atoms with Gasteiger partial charge in [0.1, 0.15) is 19.5 Å². The fraction of sp³-hybridized carbons (Fsp3) is 0.375. The number of benzene rings is 1. The van der Waals surface area contributed by atoms with E-state index < -0.39 is 5.97 Å². The lowest BCUT2D eigenvalue weighted by Gasteiger charge is -2.22. The number of esters is 1. The van der Waals surface area contributed by atoms with Gasteiger partial charge in [0.15, 0.2) is 6.61 Å². The molecule has 22 heavy (non-hydrogen) atoms. The Morgan fingerprint density at radius 3 is 2.91 bits per heavy atom. The zero-order chi connectivity index (χ0) is 15.5. The minimum Gasteiger partial charge on any atom is -0.493 e. The number of hydrogen-bond donors (Lipinski definition) is 0. The van der Waals surface area contributed by atoms with Crippen molar-refractivity contribution in [1.29, 1.82) is 0 Å². The van der Waals surface area contributed by atoms with Crippen LogP contribution in [-0.2, 0) is 30.2 Å². The van der Waals surface area contributed by atoms with Crippen molar-refractivity contribution in [3.05, 3.63) is 41.9 Å². The predicted molar refractivity (Wildman–Crippen MR) is 78.0 cm³/mol. The van der Waals surface area contributed by atoms with Gasteiger partial charge < -0.3 is 19.1 Å². The van der Waals surface area contributed by atoms with Gasteiger partial charge in [0.05, 0.1) is 0 Å². The molecule has 0 radical (unpaired) electrons. The Bertz CT molecular complexity index is 625. The summed E-state index contributed by atoms with van der Waals surface area (Å²) < 4.78 is 15.1. The first-order valence-corrected chi connectivity index (χ1v) is 7.18. The number of rotatable bonds is 3. The van der Waals surface area contributed by atoms with Crippen LogP contribution >= 0.6 is 0 Å². The number of hydrogen-bond acceptors (Lipinski definition) is 5. The highest BCUT2D eigenvalue weighted by atomic mass is 16.6. The number of fused-ring (bicyclic) bond motifs is 1. The molecule has 0 aromatic heterocycles. The van der Waals surface area contributed by atoms with E-state index in [0.29, 0.717) is 13.2 Å². The molecule has 0 aliphatic carbocycles. The molecule has 0 saturated heterocycles. The molecular weight excluding hydrogens is 286 g/mol. The summed E-state index contributed by atoms with van der Waals surface area (Å²) in [5.74, 6) is -0.940. The smallest absolute Gasteiger partial charge is 0.377 e. The first kappa shape index (κ1) is 14.4. The second kappa shape index (κ2) is 6.09. The Labute approximate surface area is 128 Å². The van der Waals surface area contributed by atoms with Crippen LogP contribution in [0.15, 0.2) is 36.3 Å². The quantitative estimate of drug-likeness (QED) is 0.790. The summed E-state index contributed by atoms with van der Waals surface area (Å²) in [6.45, 7) is 2.35. The highest BCUT2D eigenvalue weighted by Crippen LogP contribution is 2.31. The van der Waals surface area contributed by atoms with E-state index in [1.807, 2.05) is 31.2 Å². The molecule has 0 unspecified atom stereocenters. The van der Waals surface area contributed by atoms with E-state index in [-0.39, 0.29) is 24.3 Å². The average Bonchev–Trinajstić information content (AvgIpc) is 2.89. The van der Waals surface area contributed by atoms with E-state index in [4.69, 9.17) is 14.2 Å². The van der Waals surface area contributed by atoms with Crippen molar-refractivity contribution in [3.63, 3.8) is 0 Å². The molecule has 1 amide bonds. The Balaban J connectivity index is 1.63. The minimum absolute atomic E-state index is 0.00563. The highest BCUT2D eigenvalue weighted by molar-refractivity contribution is 5.98. The average molecular weight is 303 g/mol. The van der Waals surface area contributed by atoms with Crippen LogP contribution in [0.25, 0.3) is 0 Å². The van der Waals surface area contributed by atoms with Gasteiger partial charge in [-0.2, -0.15) is 0 Å². The Morgan fingerprint density at radius 2 is 2.14 bits per heavy atom. The van der Waals surface area contributed by atoms with E-state index in [1.165, 1.54) is 6.26 Å². The summed E-state index contributed by atoms with van der Waals surface area (Å²) in [6, 6.07) is 7.80. The molecule has 0 spiro atoms. The van der Waals surface area contributed by atoms with Crippen molar-refractivity contribution < 1.29 is 23.8 Å². The number of nitrogens with zero attached hydrogens (tertiary/aromatic N) is 1. The van der Waals surface area contributed by atoms with Gasteiger partial charge in [0, 0.05) is 11.7 Å². The van der Waals surface area contributed by atoms with Crippen LogP contribution in [0.2, 0.25) is 0 Å². The van der Waals surface area contributed by atoms with Crippen LogP contribution in [0.1, 0.15) is 12.5 Å². The lowest BCUT2D eigenvalue weighted by molar-refractivity contribution is -0.148. The molecule has 1 aromatic rings.